The van der Waals surface area contributed by atoms with Crippen molar-refractivity contribution in [2.45, 2.75) is 39.0 Å². The number of phenols is 1. The Hall–Kier alpha value is -0.290. The van der Waals surface area contributed by atoms with Crippen LogP contribution in [0.3, 0.4) is 0 Å². The number of hydrogen-bond donors (Lipinski definition) is 1. The summed E-state index contributed by atoms with van der Waals surface area (Å²) in [4.78, 5) is 1.43. The van der Waals surface area contributed by atoms with E-state index in [9.17, 15) is 5.11 Å². The molecular weight excluding hydrogens is 343 g/mol. The molecule has 1 aromatic carbocycles. The first-order chi connectivity index (χ1) is 8.24. The van der Waals surface area contributed by atoms with Gasteiger partial charge in [0.1, 0.15) is 5.75 Å². The van der Waals surface area contributed by atoms with E-state index in [-0.39, 0.29) is 0 Å². The van der Waals surface area contributed by atoms with Gasteiger partial charge in [-0.05, 0) is 41.5 Å². The van der Waals surface area contributed by atoms with Crippen LogP contribution in [-0.2, 0) is 6.42 Å². The van der Waals surface area contributed by atoms with Crippen molar-refractivity contribution in [3.8, 4) is 5.75 Å². The van der Waals surface area contributed by atoms with E-state index in [4.69, 9.17) is 0 Å². The molecule has 1 N–H and O–H groups in total. The summed E-state index contributed by atoms with van der Waals surface area (Å²) in [6.07, 6.45) is 6.33. The Labute approximate surface area is 120 Å². The highest BCUT2D eigenvalue weighted by Gasteiger charge is 2.11. The number of hydrogen-bond acceptors (Lipinski definition) is 2. The van der Waals surface area contributed by atoms with Crippen LogP contribution in [0.4, 0.5) is 0 Å². The Bertz CT molecular complexity index is 504. The topological polar surface area (TPSA) is 20.2 Å². The van der Waals surface area contributed by atoms with E-state index in [1.165, 1.54) is 39.5 Å². The number of aromatic hydroxyl groups is 1. The van der Waals surface area contributed by atoms with Gasteiger partial charge in [-0.2, -0.15) is 0 Å². The molecule has 1 nitrogen and oxygen atoms in total. The molecule has 0 radical (unpaired) electrons. The van der Waals surface area contributed by atoms with Gasteiger partial charge in [-0.25, -0.2) is 0 Å². The number of phenolic OH excluding ortho intramolecular Hbond substituents is 1. The van der Waals surface area contributed by atoms with E-state index in [2.05, 4.69) is 35.6 Å². The van der Waals surface area contributed by atoms with Crippen LogP contribution in [0.15, 0.2) is 18.2 Å². The van der Waals surface area contributed by atoms with Crippen molar-refractivity contribution in [3.05, 3.63) is 26.6 Å². The van der Waals surface area contributed by atoms with Gasteiger partial charge in [0.2, 0.25) is 0 Å². The normalized spacial score (nSPS) is 11.2. The van der Waals surface area contributed by atoms with E-state index < -0.39 is 0 Å². The molecule has 0 aliphatic heterocycles. The summed E-state index contributed by atoms with van der Waals surface area (Å²) in [5.74, 6) is 0.422. The van der Waals surface area contributed by atoms with Crippen molar-refractivity contribution in [3.63, 3.8) is 0 Å². The Morgan fingerprint density at radius 3 is 2.76 bits per heavy atom. The number of unbranched alkanes of at least 4 members (excludes halogenated alkanes) is 3. The molecule has 1 heterocycles. The molecule has 3 heteroatoms. The van der Waals surface area contributed by atoms with Gasteiger partial charge in [0, 0.05) is 13.8 Å². The molecular formula is C14H17IOS. The standard InChI is InChI=1S/C14H17IOS/c1-2-3-4-5-9-12-13(15)10-7-6-8-11(16)14(10)17-12/h6-8,16H,2-5,9H2,1H3. The van der Waals surface area contributed by atoms with Crippen molar-refractivity contribution < 1.29 is 5.11 Å². The maximum absolute atomic E-state index is 9.83. The lowest BCUT2D eigenvalue weighted by Crippen LogP contribution is -1.84. The van der Waals surface area contributed by atoms with Crippen molar-refractivity contribution in [2.24, 2.45) is 0 Å². The van der Waals surface area contributed by atoms with Gasteiger partial charge in [-0.3, -0.25) is 0 Å². The molecule has 0 fully saturated rings. The molecule has 2 aromatic rings. The minimum absolute atomic E-state index is 0.422. The van der Waals surface area contributed by atoms with Crippen molar-refractivity contribution >= 4 is 44.0 Å². The molecule has 0 unspecified atom stereocenters. The zero-order valence-electron chi connectivity index (χ0n) is 10.0. The van der Waals surface area contributed by atoms with Gasteiger partial charge in [0.15, 0.2) is 0 Å². The van der Waals surface area contributed by atoms with Crippen LogP contribution >= 0.6 is 33.9 Å². The fraction of sp³-hybridized carbons (Fsp3) is 0.429. The average Bonchev–Trinajstić information content (AvgIpc) is 2.65. The molecule has 92 valence electrons. The molecule has 1 aromatic heterocycles. The molecule has 0 atom stereocenters. The predicted molar refractivity (Wildman–Crippen MR) is 84.1 cm³/mol. The number of halogens is 1. The zero-order chi connectivity index (χ0) is 12.3. The summed E-state index contributed by atoms with van der Waals surface area (Å²) in [7, 11) is 0. The van der Waals surface area contributed by atoms with Gasteiger partial charge in [0.25, 0.3) is 0 Å². The maximum atomic E-state index is 9.83. The van der Waals surface area contributed by atoms with Gasteiger partial charge in [0.05, 0.1) is 4.70 Å². The molecule has 0 amide bonds. The summed E-state index contributed by atoms with van der Waals surface area (Å²) in [5.41, 5.74) is 0. The molecule has 0 spiro atoms. The zero-order valence-corrected chi connectivity index (χ0v) is 13.0. The lowest BCUT2D eigenvalue weighted by Gasteiger charge is -1.98. The van der Waals surface area contributed by atoms with Gasteiger partial charge in [-0.15, -0.1) is 11.3 Å². The van der Waals surface area contributed by atoms with Crippen LogP contribution in [-0.4, -0.2) is 5.11 Å². The number of aryl methyl sites for hydroxylation is 1. The van der Waals surface area contributed by atoms with E-state index in [1.807, 2.05) is 6.07 Å². The van der Waals surface area contributed by atoms with Crippen LogP contribution in [0.1, 0.15) is 37.5 Å². The van der Waals surface area contributed by atoms with E-state index in [0.29, 0.717) is 5.75 Å². The first kappa shape index (κ1) is 13.1. The Morgan fingerprint density at radius 2 is 2.06 bits per heavy atom. The number of benzene rings is 1. The third kappa shape index (κ3) is 2.94. The smallest absolute Gasteiger partial charge is 0.133 e. The molecule has 0 saturated carbocycles. The van der Waals surface area contributed by atoms with Crippen LogP contribution in [0, 0.1) is 3.57 Å². The number of rotatable bonds is 5. The van der Waals surface area contributed by atoms with Crippen molar-refractivity contribution in [1.82, 2.24) is 0 Å². The molecule has 0 saturated heterocycles. The Balaban J connectivity index is 2.18. The predicted octanol–water partition coefficient (Wildman–Crippen LogP) is 5.33. The maximum Gasteiger partial charge on any atom is 0.133 e. The third-order valence-electron chi connectivity index (χ3n) is 2.96. The second-order valence-corrected chi connectivity index (χ2v) is 6.49. The summed E-state index contributed by atoms with van der Waals surface area (Å²) in [6, 6.07) is 5.80. The molecule has 0 aliphatic carbocycles. The molecule has 0 aliphatic rings. The third-order valence-corrected chi connectivity index (χ3v) is 5.84. The van der Waals surface area contributed by atoms with Gasteiger partial charge < -0.3 is 5.11 Å². The van der Waals surface area contributed by atoms with Gasteiger partial charge >= 0.3 is 0 Å². The highest BCUT2D eigenvalue weighted by molar-refractivity contribution is 14.1. The van der Waals surface area contributed by atoms with Gasteiger partial charge in [-0.1, -0.05) is 38.3 Å². The number of thiophene rings is 1. The first-order valence-corrected chi connectivity index (χ1v) is 8.02. The quantitative estimate of drug-likeness (QED) is 0.564. The van der Waals surface area contributed by atoms with Crippen LogP contribution in [0.5, 0.6) is 5.75 Å². The highest BCUT2D eigenvalue weighted by Crippen LogP contribution is 2.38. The lowest BCUT2D eigenvalue weighted by molar-refractivity contribution is 0.482. The molecule has 2 rings (SSSR count). The van der Waals surface area contributed by atoms with Crippen LogP contribution < -0.4 is 0 Å². The molecule has 0 bridgehead atoms. The van der Waals surface area contributed by atoms with Crippen LogP contribution in [0.2, 0.25) is 0 Å². The fourth-order valence-corrected chi connectivity index (χ4v) is 4.37. The molecule has 17 heavy (non-hydrogen) atoms. The van der Waals surface area contributed by atoms with Crippen LogP contribution in [0.25, 0.3) is 10.1 Å². The van der Waals surface area contributed by atoms with E-state index in [1.54, 1.807) is 17.4 Å². The van der Waals surface area contributed by atoms with E-state index >= 15 is 0 Å². The summed E-state index contributed by atoms with van der Waals surface area (Å²) in [5, 5.41) is 11.0. The largest absolute Gasteiger partial charge is 0.506 e. The second kappa shape index (κ2) is 6.05. The minimum atomic E-state index is 0.422. The monoisotopic (exact) mass is 360 g/mol. The summed E-state index contributed by atoms with van der Waals surface area (Å²) < 4.78 is 2.37. The Morgan fingerprint density at radius 1 is 1.24 bits per heavy atom. The fourth-order valence-electron chi connectivity index (χ4n) is 2.00. The van der Waals surface area contributed by atoms with Crippen molar-refractivity contribution in [1.29, 1.82) is 0 Å². The number of fused-ring (bicyclic) bond motifs is 1. The summed E-state index contributed by atoms with van der Waals surface area (Å²) in [6.45, 7) is 2.24. The highest BCUT2D eigenvalue weighted by atomic mass is 127. The SMILES string of the molecule is CCCCCCc1sc2c(O)cccc2c1I. The summed E-state index contributed by atoms with van der Waals surface area (Å²) >= 11 is 4.16. The first-order valence-electron chi connectivity index (χ1n) is 6.13. The lowest BCUT2D eigenvalue weighted by atomic mass is 10.1. The minimum Gasteiger partial charge on any atom is -0.506 e. The Kier molecular flexibility index (Phi) is 4.68. The second-order valence-electron chi connectivity index (χ2n) is 4.30. The average molecular weight is 360 g/mol. The van der Waals surface area contributed by atoms with Crippen molar-refractivity contribution in [2.75, 3.05) is 0 Å². The van der Waals surface area contributed by atoms with E-state index in [0.717, 1.165) is 11.1 Å².